The zero-order valence-electron chi connectivity index (χ0n) is 14.5. The molecule has 132 valence electrons. The zero-order chi connectivity index (χ0) is 16.9. The van der Waals surface area contributed by atoms with Gasteiger partial charge in [0, 0.05) is 30.0 Å². The van der Waals surface area contributed by atoms with Gasteiger partial charge in [0.15, 0.2) is 9.84 Å². The van der Waals surface area contributed by atoms with Crippen LogP contribution in [0.2, 0.25) is 0 Å². The monoisotopic (exact) mass is 349 g/mol. The Hall–Kier alpha value is -0.910. The van der Waals surface area contributed by atoms with Crippen LogP contribution in [0.5, 0.6) is 0 Å². The van der Waals surface area contributed by atoms with E-state index in [9.17, 15) is 8.42 Å². The van der Waals surface area contributed by atoms with Crippen molar-refractivity contribution in [3.05, 3.63) is 29.8 Å². The van der Waals surface area contributed by atoms with E-state index < -0.39 is 9.84 Å². The van der Waals surface area contributed by atoms with Crippen molar-refractivity contribution in [2.24, 2.45) is 11.3 Å². The highest BCUT2D eigenvalue weighted by Gasteiger charge is 2.66. The predicted octanol–water partition coefficient (Wildman–Crippen LogP) is 2.70. The summed E-state index contributed by atoms with van der Waals surface area (Å²) in [6.45, 7) is 4.84. The summed E-state index contributed by atoms with van der Waals surface area (Å²) in [4.78, 5) is 0.427. The van der Waals surface area contributed by atoms with Gasteiger partial charge in [0.25, 0.3) is 0 Å². The SMILES string of the molecule is Cc1ccc(S(=O)(=O)C[C@H](C)N[C@@H]2[C@@H]3CCO[C@@H]3C23CCC3)cc1. The largest absolute Gasteiger partial charge is 0.377 e. The van der Waals surface area contributed by atoms with E-state index in [-0.39, 0.29) is 11.8 Å². The minimum Gasteiger partial charge on any atom is -0.377 e. The number of sulfone groups is 1. The zero-order valence-corrected chi connectivity index (χ0v) is 15.3. The molecule has 2 saturated carbocycles. The van der Waals surface area contributed by atoms with Gasteiger partial charge < -0.3 is 10.1 Å². The molecule has 4 nitrogen and oxygen atoms in total. The van der Waals surface area contributed by atoms with Crippen molar-refractivity contribution in [2.45, 2.75) is 62.6 Å². The summed E-state index contributed by atoms with van der Waals surface area (Å²) in [5.74, 6) is 0.732. The minimum atomic E-state index is -3.25. The predicted molar refractivity (Wildman–Crippen MR) is 93.7 cm³/mol. The molecule has 2 aliphatic carbocycles. The molecule has 0 aromatic heterocycles. The summed E-state index contributed by atoms with van der Waals surface area (Å²) >= 11 is 0. The third kappa shape index (κ3) is 2.52. The van der Waals surface area contributed by atoms with Crippen LogP contribution in [0.3, 0.4) is 0 Å². The van der Waals surface area contributed by atoms with Crippen molar-refractivity contribution in [3.8, 4) is 0 Å². The van der Waals surface area contributed by atoms with Crippen molar-refractivity contribution in [3.63, 3.8) is 0 Å². The van der Waals surface area contributed by atoms with Crippen LogP contribution in [0.1, 0.15) is 38.2 Å². The summed E-state index contributed by atoms with van der Waals surface area (Å²) < 4.78 is 31.2. The Balaban J connectivity index is 1.43. The number of hydrogen-bond acceptors (Lipinski definition) is 4. The fourth-order valence-corrected chi connectivity index (χ4v) is 6.52. The summed E-state index contributed by atoms with van der Waals surface area (Å²) in [5, 5.41) is 3.66. The van der Waals surface area contributed by atoms with Crippen molar-refractivity contribution >= 4 is 9.84 Å². The molecule has 0 bridgehead atoms. The van der Waals surface area contributed by atoms with E-state index >= 15 is 0 Å². The molecule has 1 aromatic carbocycles. The number of rotatable bonds is 5. The van der Waals surface area contributed by atoms with Gasteiger partial charge >= 0.3 is 0 Å². The first-order chi connectivity index (χ1) is 11.4. The molecule has 1 aromatic rings. The van der Waals surface area contributed by atoms with Gasteiger partial charge in [-0.15, -0.1) is 0 Å². The fraction of sp³-hybridized carbons (Fsp3) is 0.684. The van der Waals surface area contributed by atoms with E-state index in [1.54, 1.807) is 12.1 Å². The fourth-order valence-electron chi connectivity index (χ4n) is 5.02. The highest BCUT2D eigenvalue weighted by molar-refractivity contribution is 7.91. The summed E-state index contributed by atoms with van der Waals surface area (Å²) in [6, 6.07) is 7.55. The van der Waals surface area contributed by atoms with Gasteiger partial charge in [-0.25, -0.2) is 8.42 Å². The Kier molecular flexibility index (Phi) is 4.01. The lowest BCUT2D eigenvalue weighted by molar-refractivity contribution is -0.177. The third-order valence-corrected chi connectivity index (χ3v) is 8.28. The van der Waals surface area contributed by atoms with Crippen LogP contribution in [0, 0.1) is 18.3 Å². The molecule has 1 saturated heterocycles. The third-order valence-electron chi connectivity index (χ3n) is 6.35. The Morgan fingerprint density at radius 2 is 2.00 bits per heavy atom. The molecule has 0 unspecified atom stereocenters. The molecule has 5 heteroatoms. The molecule has 1 aliphatic heterocycles. The molecule has 1 spiro atoms. The van der Waals surface area contributed by atoms with Crippen molar-refractivity contribution in [2.75, 3.05) is 12.4 Å². The first kappa shape index (κ1) is 16.6. The Morgan fingerprint density at radius 3 is 2.62 bits per heavy atom. The average Bonchev–Trinajstić information content (AvgIpc) is 2.88. The van der Waals surface area contributed by atoms with Crippen molar-refractivity contribution in [1.29, 1.82) is 0 Å². The number of benzene rings is 1. The van der Waals surface area contributed by atoms with E-state index in [0.29, 0.717) is 28.4 Å². The second kappa shape index (κ2) is 5.82. The molecular weight excluding hydrogens is 322 g/mol. The first-order valence-corrected chi connectivity index (χ1v) is 10.7. The highest BCUT2D eigenvalue weighted by atomic mass is 32.2. The average molecular weight is 349 g/mol. The summed E-state index contributed by atoms with van der Waals surface area (Å²) in [7, 11) is -3.25. The number of nitrogens with one attached hydrogen (secondary N) is 1. The van der Waals surface area contributed by atoms with Crippen LogP contribution in [-0.4, -0.2) is 39.0 Å². The maximum Gasteiger partial charge on any atom is 0.179 e. The second-order valence-electron chi connectivity index (χ2n) is 7.97. The van der Waals surface area contributed by atoms with Crippen LogP contribution in [0.25, 0.3) is 0 Å². The normalized spacial score (nSPS) is 32.0. The maximum absolute atomic E-state index is 12.6. The molecule has 0 radical (unpaired) electrons. The van der Waals surface area contributed by atoms with Gasteiger partial charge in [-0.1, -0.05) is 24.1 Å². The highest BCUT2D eigenvalue weighted by Crippen LogP contribution is 2.62. The molecule has 0 amide bonds. The lowest BCUT2D eigenvalue weighted by Crippen LogP contribution is -2.72. The van der Waals surface area contributed by atoms with Gasteiger partial charge in [-0.2, -0.15) is 0 Å². The van der Waals surface area contributed by atoms with Crippen molar-refractivity contribution < 1.29 is 13.2 Å². The van der Waals surface area contributed by atoms with Gasteiger partial charge in [0.1, 0.15) is 0 Å². The summed E-state index contributed by atoms with van der Waals surface area (Å²) in [5.41, 5.74) is 1.37. The maximum atomic E-state index is 12.6. The van der Waals surface area contributed by atoms with Gasteiger partial charge in [0.2, 0.25) is 0 Å². The molecule has 1 N–H and O–H groups in total. The van der Waals surface area contributed by atoms with Gasteiger partial charge in [0.05, 0.1) is 16.8 Å². The van der Waals surface area contributed by atoms with Crippen LogP contribution >= 0.6 is 0 Å². The van der Waals surface area contributed by atoms with Gasteiger partial charge in [-0.05, 0) is 45.2 Å². The molecule has 4 rings (SSSR count). The quantitative estimate of drug-likeness (QED) is 0.888. The molecule has 3 aliphatic rings. The Bertz CT molecular complexity index is 709. The number of aryl methyl sites for hydroxylation is 1. The van der Waals surface area contributed by atoms with E-state index in [2.05, 4.69) is 5.32 Å². The number of fused-ring (bicyclic) bond motifs is 2. The van der Waals surface area contributed by atoms with Gasteiger partial charge in [-0.3, -0.25) is 0 Å². The van der Waals surface area contributed by atoms with E-state index in [1.165, 1.54) is 19.3 Å². The van der Waals surface area contributed by atoms with E-state index in [0.717, 1.165) is 18.6 Å². The Labute approximate surface area is 144 Å². The molecular formula is C19H27NO3S. The first-order valence-electron chi connectivity index (χ1n) is 9.09. The topological polar surface area (TPSA) is 55.4 Å². The molecule has 3 fully saturated rings. The standard InChI is InChI=1S/C19H27NO3S/c1-13-4-6-15(7-5-13)24(21,22)12-14(2)20-17-16-8-11-23-18(16)19(17)9-3-10-19/h4-7,14,16-18,20H,3,8-12H2,1-2H3/t14-,16-,17+,18-/m0/s1. The van der Waals surface area contributed by atoms with Crippen LogP contribution in [0.4, 0.5) is 0 Å². The lowest BCUT2D eigenvalue weighted by Gasteiger charge is -2.64. The van der Waals surface area contributed by atoms with Crippen LogP contribution in [0.15, 0.2) is 29.2 Å². The molecule has 1 heterocycles. The van der Waals surface area contributed by atoms with Crippen molar-refractivity contribution in [1.82, 2.24) is 5.32 Å². The lowest BCUT2D eigenvalue weighted by atomic mass is 9.46. The number of ether oxygens (including phenoxy) is 1. The second-order valence-corrected chi connectivity index (χ2v) is 10.0. The minimum absolute atomic E-state index is 0.0414. The van der Waals surface area contributed by atoms with Crippen LogP contribution in [-0.2, 0) is 14.6 Å². The smallest absolute Gasteiger partial charge is 0.179 e. The molecule has 4 atom stereocenters. The number of hydrogen-bond donors (Lipinski definition) is 1. The Morgan fingerprint density at radius 1 is 1.29 bits per heavy atom. The van der Waals surface area contributed by atoms with Crippen LogP contribution < -0.4 is 5.32 Å². The van der Waals surface area contributed by atoms with E-state index in [4.69, 9.17) is 4.74 Å². The molecule has 24 heavy (non-hydrogen) atoms. The van der Waals surface area contributed by atoms with E-state index in [1.807, 2.05) is 26.0 Å². The summed E-state index contributed by atoms with van der Waals surface area (Å²) in [6.07, 6.45) is 5.26.